The zero-order valence-corrected chi connectivity index (χ0v) is 31.9. The van der Waals surface area contributed by atoms with Crippen LogP contribution in [-0.2, 0) is 12.0 Å². The second-order valence-electron chi connectivity index (χ2n) is 14.6. The first-order valence-corrected chi connectivity index (χ1v) is 19.6. The Hall–Kier alpha value is -6.77. The van der Waals surface area contributed by atoms with E-state index in [1.54, 1.807) is 0 Å². The second kappa shape index (κ2) is 14.8. The topological polar surface area (TPSA) is 38.4 Å². The fraction of sp³-hybridized carbons (Fsp3) is 0.0926. The van der Waals surface area contributed by atoms with Crippen molar-refractivity contribution in [2.45, 2.75) is 32.2 Å². The van der Waals surface area contributed by atoms with Crippen LogP contribution < -0.4 is 5.73 Å². The molecule has 0 fully saturated rings. The Morgan fingerprint density at radius 2 is 1.09 bits per heavy atom. The van der Waals surface area contributed by atoms with Crippen molar-refractivity contribution in [2.24, 2.45) is 10.7 Å². The van der Waals surface area contributed by atoms with Crippen LogP contribution in [0.4, 0.5) is 0 Å². The van der Waals surface area contributed by atoms with Gasteiger partial charge in [0.15, 0.2) is 0 Å². The lowest BCUT2D eigenvalue weighted by molar-refractivity contribution is 0.785. The molecule has 1 atom stereocenters. The summed E-state index contributed by atoms with van der Waals surface area (Å²) in [4.78, 5) is 5.04. The summed E-state index contributed by atoms with van der Waals surface area (Å²) in [7, 11) is 0. The fourth-order valence-corrected chi connectivity index (χ4v) is 9.02. The Bertz CT molecular complexity index is 2680. The van der Waals surface area contributed by atoms with Gasteiger partial charge in [-0.2, -0.15) is 0 Å². The first-order valence-electron chi connectivity index (χ1n) is 19.6. The molecule has 0 saturated heterocycles. The molecule has 2 N–H and O–H groups in total. The normalized spacial score (nSPS) is 16.0. The van der Waals surface area contributed by atoms with Crippen LogP contribution in [0, 0.1) is 0 Å². The van der Waals surface area contributed by atoms with Crippen LogP contribution >= 0.6 is 0 Å². The molecule has 2 heteroatoms. The average molecular weight is 721 g/mol. The average Bonchev–Trinajstić information content (AvgIpc) is 3.72. The molecule has 2 aliphatic rings. The molecule has 0 aromatic heterocycles. The van der Waals surface area contributed by atoms with Crippen molar-refractivity contribution in [3.8, 4) is 33.4 Å². The summed E-state index contributed by atoms with van der Waals surface area (Å²) < 4.78 is 0. The van der Waals surface area contributed by atoms with Gasteiger partial charge in [0.05, 0.1) is 17.7 Å². The van der Waals surface area contributed by atoms with Gasteiger partial charge >= 0.3 is 0 Å². The summed E-state index contributed by atoms with van der Waals surface area (Å²) in [5, 5.41) is 0. The van der Waals surface area contributed by atoms with Crippen LogP contribution in [0.15, 0.2) is 205 Å². The number of hydrogen-bond acceptors (Lipinski definition) is 2. The number of fused-ring (bicyclic) bond motifs is 7. The molecule has 0 amide bonds. The van der Waals surface area contributed by atoms with Crippen LogP contribution in [0.1, 0.15) is 59.2 Å². The largest absolute Gasteiger partial charge is 0.398 e. The van der Waals surface area contributed by atoms with Gasteiger partial charge in [0.1, 0.15) is 0 Å². The van der Waals surface area contributed by atoms with Gasteiger partial charge in [0, 0.05) is 5.70 Å². The summed E-state index contributed by atoms with van der Waals surface area (Å²) in [5.41, 5.74) is 26.8. The van der Waals surface area contributed by atoms with Gasteiger partial charge in [0.25, 0.3) is 0 Å². The second-order valence-corrected chi connectivity index (χ2v) is 14.6. The van der Waals surface area contributed by atoms with Gasteiger partial charge in [-0.15, -0.1) is 0 Å². The molecule has 56 heavy (non-hydrogen) atoms. The molecule has 270 valence electrons. The number of benzene rings is 7. The van der Waals surface area contributed by atoms with Crippen LogP contribution in [0.25, 0.3) is 44.7 Å². The number of nitrogens with two attached hydrogens (primary N) is 1. The number of rotatable bonds is 9. The first kappa shape index (κ1) is 35.0. The minimum absolute atomic E-state index is 0.339. The predicted octanol–water partition coefficient (Wildman–Crippen LogP) is 13.1. The van der Waals surface area contributed by atoms with Crippen LogP contribution in [0.3, 0.4) is 0 Å². The monoisotopic (exact) mass is 720 g/mol. The Morgan fingerprint density at radius 1 is 0.554 bits per heavy atom. The highest BCUT2D eigenvalue weighted by Crippen LogP contribution is 2.63. The highest BCUT2D eigenvalue weighted by molar-refractivity contribution is 6.12. The van der Waals surface area contributed by atoms with Crippen molar-refractivity contribution in [3.63, 3.8) is 0 Å². The maximum absolute atomic E-state index is 6.53. The van der Waals surface area contributed by atoms with E-state index in [1.165, 1.54) is 66.8 Å². The Labute approximate surface area is 330 Å². The number of nitrogens with zero attached hydrogens (tertiary/aromatic N) is 1. The lowest BCUT2D eigenvalue weighted by Crippen LogP contribution is -2.26. The van der Waals surface area contributed by atoms with E-state index in [2.05, 4.69) is 153 Å². The van der Waals surface area contributed by atoms with Gasteiger partial charge in [-0.25, -0.2) is 0 Å². The van der Waals surface area contributed by atoms with E-state index in [1.807, 2.05) is 54.6 Å². The third kappa shape index (κ3) is 5.86. The van der Waals surface area contributed by atoms with E-state index in [-0.39, 0.29) is 5.41 Å². The predicted molar refractivity (Wildman–Crippen MR) is 236 cm³/mol. The highest BCUT2D eigenvalue weighted by Gasteiger charge is 2.52. The highest BCUT2D eigenvalue weighted by atomic mass is 14.7. The molecule has 0 saturated carbocycles. The third-order valence-electron chi connectivity index (χ3n) is 11.5. The number of hydrogen-bond donors (Lipinski definition) is 1. The maximum Gasteiger partial charge on any atom is 0.0722 e. The standard InChI is InChI=1S/C54H44N2/c1-3-16-47-43(4-2)45-21-11-13-24-48(45)54(47)49-25-14-12-22-46(49)53-44(23-15-26-50(53)54)40-33-31-39(32-34-40)38-29-27-37(28-30-38)36-56-52(42-19-9-6-10-20-42)35-51(55)41-17-7-5-8-18-41/h3,5-35H,4,36,55H2,1-2H3/b16-3-,51-35?,56-52?. The quantitative estimate of drug-likeness (QED) is 0.148. The summed E-state index contributed by atoms with van der Waals surface area (Å²) in [6.45, 7) is 4.99. The minimum Gasteiger partial charge on any atom is -0.398 e. The lowest BCUT2D eigenvalue weighted by atomic mass is 9.69. The van der Waals surface area contributed by atoms with Gasteiger partial charge in [-0.05, 0) is 103 Å². The number of allylic oxidation sites excluding steroid dienone is 5. The van der Waals surface area contributed by atoms with Crippen molar-refractivity contribution in [3.05, 3.63) is 239 Å². The van der Waals surface area contributed by atoms with Crippen molar-refractivity contribution in [1.29, 1.82) is 0 Å². The molecule has 2 nitrogen and oxygen atoms in total. The van der Waals surface area contributed by atoms with Gasteiger partial charge in [0.2, 0.25) is 0 Å². The Morgan fingerprint density at radius 3 is 1.75 bits per heavy atom. The molecule has 2 aliphatic carbocycles. The van der Waals surface area contributed by atoms with E-state index in [9.17, 15) is 0 Å². The van der Waals surface area contributed by atoms with E-state index >= 15 is 0 Å². The summed E-state index contributed by atoms with van der Waals surface area (Å²) >= 11 is 0. The third-order valence-corrected chi connectivity index (χ3v) is 11.5. The molecule has 0 heterocycles. The zero-order chi connectivity index (χ0) is 38.1. The van der Waals surface area contributed by atoms with Crippen LogP contribution in [0.2, 0.25) is 0 Å². The molecule has 7 aromatic rings. The Balaban J connectivity index is 1.04. The van der Waals surface area contributed by atoms with Crippen LogP contribution in [0.5, 0.6) is 0 Å². The number of aliphatic imine (C=N–C) groups is 1. The zero-order valence-electron chi connectivity index (χ0n) is 31.9. The fourth-order valence-electron chi connectivity index (χ4n) is 9.02. The van der Waals surface area contributed by atoms with E-state index in [4.69, 9.17) is 10.7 Å². The van der Waals surface area contributed by atoms with E-state index in [0.717, 1.165) is 28.8 Å². The SMILES string of the molecule is C/C=C\C1=C(CC)c2ccccc2C12c1ccccc1-c1c(-c3ccc(-c4ccc(CN=C(C=C(N)c5ccccc5)c5ccccc5)cc4)cc3)cccc12. The van der Waals surface area contributed by atoms with Crippen molar-refractivity contribution in [1.82, 2.24) is 0 Å². The van der Waals surface area contributed by atoms with Gasteiger partial charge < -0.3 is 5.73 Å². The van der Waals surface area contributed by atoms with Gasteiger partial charge in [-0.3, -0.25) is 4.99 Å². The maximum atomic E-state index is 6.53. The van der Waals surface area contributed by atoms with E-state index in [0.29, 0.717) is 12.2 Å². The molecule has 7 aromatic carbocycles. The van der Waals surface area contributed by atoms with Crippen molar-refractivity contribution in [2.75, 3.05) is 0 Å². The Kier molecular flexibility index (Phi) is 9.25. The van der Waals surface area contributed by atoms with Crippen molar-refractivity contribution >= 4 is 17.0 Å². The van der Waals surface area contributed by atoms with Crippen LogP contribution in [-0.4, -0.2) is 5.71 Å². The van der Waals surface area contributed by atoms with Crippen molar-refractivity contribution < 1.29 is 0 Å². The molecular weight excluding hydrogens is 677 g/mol. The van der Waals surface area contributed by atoms with E-state index < -0.39 is 0 Å². The summed E-state index contributed by atoms with van der Waals surface area (Å²) in [5.74, 6) is 0. The molecule has 0 aliphatic heterocycles. The minimum atomic E-state index is -0.339. The molecule has 1 unspecified atom stereocenters. The smallest absolute Gasteiger partial charge is 0.0722 e. The first-order chi connectivity index (χ1) is 27.6. The molecular formula is C54H44N2. The summed E-state index contributed by atoms with van der Waals surface area (Å²) in [6, 6.07) is 63.2. The molecule has 9 rings (SSSR count). The van der Waals surface area contributed by atoms with Gasteiger partial charge in [-0.1, -0.05) is 195 Å². The summed E-state index contributed by atoms with van der Waals surface area (Å²) in [6.07, 6.45) is 7.55. The molecule has 1 spiro atoms. The molecule has 0 bridgehead atoms. The lowest BCUT2D eigenvalue weighted by Gasteiger charge is -2.31. The molecule has 0 radical (unpaired) electrons.